The normalized spacial score (nSPS) is 12.4. The molecule has 0 aliphatic heterocycles. The highest BCUT2D eigenvalue weighted by Crippen LogP contribution is 2.19. The van der Waals surface area contributed by atoms with Crippen molar-refractivity contribution in [2.45, 2.75) is 25.9 Å². The van der Waals surface area contributed by atoms with E-state index in [-0.39, 0.29) is 0 Å². The highest BCUT2D eigenvalue weighted by Gasteiger charge is 2.08. The van der Waals surface area contributed by atoms with Gasteiger partial charge in [0, 0.05) is 12.4 Å². The molecular weight excluding hydrogens is 210 g/mol. The fourth-order valence-corrected chi connectivity index (χ4v) is 1.92. The van der Waals surface area contributed by atoms with Crippen molar-refractivity contribution >= 4 is 0 Å². The molecule has 1 atom stereocenters. The summed E-state index contributed by atoms with van der Waals surface area (Å²) in [5.41, 5.74) is 3.47. The third-order valence-electron chi connectivity index (χ3n) is 3.02. The second-order valence-corrected chi connectivity index (χ2v) is 4.27. The molecule has 0 saturated heterocycles. The Morgan fingerprint density at radius 1 is 1.18 bits per heavy atom. The number of aromatic nitrogens is 1. The summed E-state index contributed by atoms with van der Waals surface area (Å²) in [6, 6.07) is 12.1. The van der Waals surface area contributed by atoms with Gasteiger partial charge in [0.15, 0.2) is 0 Å². The van der Waals surface area contributed by atoms with Gasteiger partial charge in [0.1, 0.15) is 0 Å². The molecule has 0 bridgehead atoms. The Bertz CT molecular complexity index is 467. The molecule has 0 amide bonds. The maximum Gasteiger partial charge on any atom is 0.0808 e. The van der Waals surface area contributed by atoms with Crippen LogP contribution in [0.25, 0.3) is 0 Å². The zero-order valence-electron chi connectivity index (χ0n) is 10.0. The van der Waals surface area contributed by atoms with Gasteiger partial charge < -0.3 is 5.11 Å². The molecule has 0 fully saturated rings. The van der Waals surface area contributed by atoms with Crippen LogP contribution in [0.1, 0.15) is 29.2 Å². The Labute approximate surface area is 102 Å². The Kier molecular flexibility index (Phi) is 3.89. The lowest BCUT2D eigenvalue weighted by Crippen LogP contribution is -2.00. The van der Waals surface area contributed by atoms with E-state index in [0.29, 0.717) is 0 Å². The number of hydrogen-bond acceptors (Lipinski definition) is 2. The molecule has 0 radical (unpaired) electrons. The summed E-state index contributed by atoms with van der Waals surface area (Å²) in [5.74, 6) is 0. The number of aryl methyl sites for hydroxylation is 2. The van der Waals surface area contributed by atoms with Gasteiger partial charge >= 0.3 is 0 Å². The van der Waals surface area contributed by atoms with Gasteiger partial charge in [0.2, 0.25) is 0 Å². The van der Waals surface area contributed by atoms with Gasteiger partial charge in [-0.3, -0.25) is 4.98 Å². The number of aliphatic hydroxyl groups excluding tert-OH is 1. The molecule has 17 heavy (non-hydrogen) atoms. The summed E-state index contributed by atoms with van der Waals surface area (Å²) >= 11 is 0. The Morgan fingerprint density at radius 2 is 2.00 bits per heavy atom. The van der Waals surface area contributed by atoms with Crippen LogP contribution in [0.3, 0.4) is 0 Å². The fourth-order valence-electron chi connectivity index (χ4n) is 1.92. The van der Waals surface area contributed by atoms with Crippen molar-refractivity contribution in [2.75, 3.05) is 0 Å². The van der Waals surface area contributed by atoms with E-state index in [4.69, 9.17) is 0 Å². The van der Waals surface area contributed by atoms with Crippen LogP contribution in [0.15, 0.2) is 48.8 Å². The third kappa shape index (κ3) is 3.14. The molecule has 1 N–H and O–H groups in total. The number of benzene rings is 1. The van der Waals surface area contributed by atoms with Crippen LogP contribution in [0.2, 0.25) is 0 Å². The molecule has 2 heteroatoms. The molecule has 1 aromatic heterocycles. The predicted molar refractivity (Wildman–Crippen MR) is 68.7 cm³/mol. The first kappa shape index (κ1) is 11.8. The summed E-state index contributed by atoms with van der Waals surface area (Å²) in [6.45, 7) is 2.10. The highest BCUT2D eigenvalue weighted by atomic mass is 16.3. The van der Waals surface area contributed by atoms with Crippen molar-refractivity contribution in [1.82, 2.24) is 4.98 Å². The number of hydrogen-bond donors (Lipinski definition) is 1. The zero-order chi connectivity index (χ0) is 12.1. The molecule has 2 nitrogen and oxygen atoms in total. The lowest BCUT2D eigenvalue weighted by molar-refractivity contribution is 0.167. The lowest BCUT2D eigenvalue weighted by Gasteiger charge is -2.11. The molecule has 1 aromatic carbocycles. The molecular formula is C15H17NO. The highest BCUT2D eigenvalue weighted by molar-refractivity contribution is 5.26. The first-order chi connectivity index (χ1) is 8.27. The average molecular weight is 227 g/mol. The van der Waals surface area contributed by atoms with Crippen molar-refractivity contribution in [3.8, 4) is 0 Å². The number of rotatable bonds is 4. The number of pyridine rings is 1. The zero-order valence-corrected chi connectivity index (χ0v) is 10.0. The van der Waals surface area contributed by atoms with Crippen LogP contribution in [0, 0.1) is 6.92 Å². The van der Waals surface area contributed by atoms with Crippen LogP contribution in [0.4, 0.5) is 0 Å². The van der Waals surface area contributed by atoms with Gasteiger partial charge in [-0.25, -0.2) is 0 Å². The maximum absolute atomic E-state index is 10.0. The van der Waals surface area contributed by atoms with Crippen LogP contribution >= 0.6 is 0 Å². The first-order valence-corrected chi connectivity index (χ1v) is 5.90. The number of nitrogens with zero attached hydrogens (tertiary/aromatic N) is 1. The molecule has 88 valence electrons. The summed E-state index contributed by atoms with van der Waals surface area (Å²) in [4.78, 5) is 4.02. The molecule has 0 spiro atoms. The van der Waals surface area contributed by atoms with Crippen molar-refractivity contribution in [3.05, 3.63) is 65.5 Å². The van der Waals surface area contributed by atoms with Gasteiger partial charge in [-0.2, -0.15) is 0 Å². The van der Waals surface area contributed by atoms with E-state index < -0.39 is 6.10 Å². The smallest absolute Gasteiger partial charge is 0.0808 e. The Morgan fingerprint density at radius 3 is 2.71 bits per heavy atom. The van der Waals surface area contributed by atoms with Gasteiger partial charge in [0.05, 0.1) is 6.10 Å². The third-order valence-corrected chi connectivity index (χ3v) is 3.02. The molecule has 0 aliphatic carbocycles. The topological polar surface area (TPSA) is 33.1 Å². The van der Waals surface area contributed by atoms with Crippen LogP contribution < -0.4 is 0 Å². The first-order valence-electron chi connectivity index (χ1n) is 5.90. The predicted octanol–water partition coefficient (Wildman–Crippen LogP) is 3.06. The minimum Gasteiger partial charge on any atom is -0.388 e. The van der Waals surface area contributed by atoms with Crippen molar-refractivity contribution in [1.29, 1.82) is 0 Å². The minimum atomic E-state index is -0.427. The standard InChI is InChI=1S/C15H17NO/c1-12-5-2-3-6-13(12)8-9-15(17)14-7-4-10-16-11-14/h2-7,10-11,15,17H,8-9H2,1H3. The molecule has 1 unspecified atom stereocenters. The molecule has 2 rings (SSSR count). The van der Waals surface area contributed by atoms with E-state index in [0.717, 1.165) is 18.4 Å². The molecule has 1 heterocycles. The minimum absolute atomic E-state index is 0.427. The van der Waals surface area contributed by atoms with Gasteiger partial charge in [0.25, 0.3) is 0 Å². The van der Waals surface area contributed by atoms with Gasteiger partial charge in [-0.1, -0.05) is 30.3 Å². The quantitative estimate of drug-likeness (QED) is 0.870. The van der Waals surface area contributed by atoms with E-state index >= 15 is 0 Å². The summed E-state index contributed by atoms with van der Waals surface area (Å²) in [5, 5.41) is 10.0. The van der Waals surface area contributed by atoms with Crippen LogP contribution in [-0.2, 0) is 6.42 Å². The monoisotopic (exact) mass is 227 g/mol. The lowest BCUT2D eigenvalue weighted by atomic mass is 9.99. The maximum atomic E-state index is 10.0. The summed E-state index contributed by atoms with van der Waals surface area (Å²) in [7, 11) is 0. The van der Waals surface area contributed by atoms with E-state index in [2.05, 4.69) is 24.0 Å². The van der Waals surface area contributed by atoms with Crippen molar-refractivity contribution < 1.29 is 5.11 Å². The van der Waals surface area contributed by atoms with Gasteiger partial charge in [-0.05, 0) is 42.5 Å². The van der Waals surface area contributed by atoms with Crippen LogP contribution in [-0.4, -0.2) is 10.1 Å². The van der Waals surface area contributed by atoms with Crippen LogP contribution in [0.5, 0.6) is 0 Å². The second kappa shape index (κ2) is 5.60. The average Bonchev–Trinajstić information content (AvgIpc) is 2.38. The molecule has 0 aliphatic rings. The fraction of sp³-hybridized carbons (Fsp3) is 0.267. The van der Waals surface area contributed by atoms with E-state index in [1.54, 1.807) is 12.4 Å². The number of aliphatic hydroxyl groups is 1. The van der Waals surface area contributed by atoms with Crippen molar-refractivity contribution in [2.24, 2.45) is 0 Å². The SMILES string of the molecule is Cc1ccccc1CCC(O)c1cccnc1. The van der Waals surface area contributed by atoms with E-state index in [9.17, 15) is 5.11 Å². The molecule has 2 aromatic rings. The van der Waals surface area contributed by atoms with E-state index in [1.807, 2.05) is 24.3 Å². The Balaban J connectivity index is 1.97. The van der Waals surface area contributed by atoms with E-state index in [1.165, 1.54) is 11.1 Å². The molecule has 0 saturated carbocycles. The second-order valence-electron chi connectivity index (χ2n) is 4.27. The summed E-state index contributed by atoms with van der Waals surface area (Å²) < 4.78 is 0. The van der Waals surface area contributed by atoms with Crippen molar-refractivity contribution in [3.63, 3.8) is 0 Å². The largest absolute Gasteiger partial charge is 0.388 e. The Hall–Kier alpha value is -1.67. The summed E-state index contributed by atoms with van der Waals surface area (Å²) in [6.07, 6.45) is 4.64. The van der Waals surface area contributed by atoms with Gasteiger partial charge in [-0.15, -0.1) is 0 Å².